The zero-order valence-electron chi connectivity index (χ0n) is 10.6. The maximum absolute atomic E-state index is 11.9. The summed E-state index contributed by atoms with van der Waals surface area (Å²) in [5.41, 5.74) is 0.297. The minimum atomic E-state index is -0.395. The Morgan fingerprint density at radius 2 is 1.95 bits per heavy atom. The van der Waals surface area contributed by atoms with Crippen molar-refractivity contribution in [2.45, 2.75) is 6.92 Å². The van der Waals surface area contributed by atoms with Crippen LogP contribution in [0.3, 0.4) is 0 Å². The predicted octanol–water partition coefficient (Wildman–Crippen LogP) is 3.98. The standard InChI is InChI=1S/C14H11Cl2NO2S/c1-8-2-5-13(20-8)12(18)7-17-14(19)10-4-3-9(15)6-11(10)16/h2-6H,7H2,1H3,(H,17,19). The van der Waals surface area contributed by atoms with Crippen molar-refractivity contribution >= 4 is 46.2 Å². The van der Waals surface area contributed by atoms with Crippen LogP contribution in [0.1, 0.15) is 24.9 Å². The number of carbonyl (C=O) groups is 2. The number of benzene rings is 1. The van der Waals surface area contributed by atoms with Crippen molar-refractivity contribution in [3.05, 3.63) is 55.7 Å². The first-order valence-electron chi connectivity index (χ1n) is 5.80. The molecule has 0 spiro atoms. The Morgan fingerprint density at radius 1 is 1.20 bits per heavy atom. The van der Waals surface area contributed by atoms with E-state index in [1.54, 1.807) is 12.1 Å². The topological polar surface area (TPSA) is 46.2 Å². The third-order valence-electron chi connectivity index (χ3n) is 2.60. The van der Waals surface area contributed by atoms with Gasteiger partial charge in [0, 0.05) is 9.90 Å². The van der Waals surface area contributed by atoms with Gasteiger partial charge in [-0.05, 0) is 37.3 Å². The fourth-order valence-corrected chi connectivity index (χ4v) is 2.90. The maximum atomic E-state index is 11.9. The van der Waals surface area contributed by atoms with Gasteiger partial charge in [0.05, 0.1) is 22.0 Å². The fraction of sp³-hybridized carbons (Fsp3) is 0.143. The molecule has 0 saturated carbocycles. The summed E-state index contributed by atoms with van der Waals surface area (Å²) >= 11 is 13.1. The van der Waals surface area contributed by atoms with Crippen LogP contribution < -0.4 is 5.32 Å². The lowest BCUT2D eigenvalue weighted by Crippen LogP contribution is -2.29. The molecule has 0 fully saturated rings. The number of hydrogen-bond donors (Lipinski definition) is 1. The number of carbonyl (C=O) groups excluding carboxylic acids is 2. The molecule has 0 aliphatic heterocycles. The molecule has 104 valence electrons. The first kappa shape index (κ1) is 15.0. The second kappa shape index (κ2) is 6.39. The molecule has 0 atom stereocenters. The van der Waals surface area contributed by atoms with E-state index in [0.29, 0.717) is 15.5 Å². The summed E-state index contributed by atoms with van der Waals surface area (Å²) in [5.74, 6) is -0.519. The normalized spacial score (nSPS) is 10.3. The van der Waals surface area contributed by atoms with Crippen molar-refractivity contribution < 1.29 is 9.59 Å². The molecule has 2 rings (SSSR count). The van der Waals surface area contributed by atoms with Gasteiger partial charge in [0.15, 0.2) is 5.78 Å². The number of rotatable bonds is 4. The smallest absolute Gasteiger partial charge is 0.253 e. The highest BCUT2D eigenvalue weighted by molar-refractivity contribution is 7.14. The Kier molecular flexibility index (Phi) is 4.81. The Balaban J connectivity index is 2.00. The molecule has 0 unspecified atom stereocenters. The van der Waals surface area contributed by atoms with Gasteiger partial charge in [-0.1, -0.05) is 23.2 Å². The molecule has 20 heavy (non-hydrogen) atoms. The summed E-state index contributed by atoms with van der Waals surface area (Å²) < 4.78 is 0. The summed E-state index contributed by atoms with van der Waals surface area (Å²) in [6.07, 6.45) is 0. The van der Waals surface area contributed by atoms with Gasteiger partial charge in [0.25, 0.3) is 5.91 Å². The van der Waals surface area contributed by atoms with Crippen LogP contribution in [0.5, 0.6) is 0 Å². The van der Waals surface area contributed by atoms with Crippen LogP contribution in [-0.2, 0) is 0 Å². The molecule has 1 aromatic heterocycles. The molecule has 0 radical (unpaired) electrons. The van der Waals surface area contributed by atoms with E-state index in [4.69, 9.17) is 23.2 Å². The second-order valence-electron chi connectivity index (χ2n) is 4.14. The molecular weight excluding hydrogens is 317 g/mol. The molecule has 0 saturated heterocycles. The van der Waals surface area contributed by atoms with E-state index in [1.807, 2.05) is 13.0 Å². The van der Waals surface area contributed by atoms with E-state index in [-0.39, 0.29) is 17.4 Å². The molecule has 1 heterocycles. The number of hydrogen-bond acceptors (Lipinski definition) is 3. The highest BCUT2D eigenvalue weighted by Crippen LogP contribution is 2.21. The summed E-state index contributed by atoms with van der Waals surface area (Å²) in [6, 6.07) is 8.22. The lowest BCUT2D eigenvalue weighted by Gasteiger charge is -2.06. The summed E-state index contributed by atoms with van der Waals surface area (Å²) in [7, 11) is 0. The van der Waals surface area contributed by atoms with E-state index >= 15 is 0 Å². The van der Waals surface area contributed by atoms with Gasteiger partial charge in [-0.3, -0.25) is 9.59 Å². The quantitative estimate of drug-likeness (QED) is 0.863. The first-order chi connectivity index (χ1) is 9.47. The number of amides is 1. The lowest BCUT2D eigenvalue weighted by atomic mass is 10.2. The minimum absolute atomic E-state index is 0.0578. The minimum Gasteiger partial charge on any atom is -0.344 e. The Hall–Kier alpha value is -1.36. The SMILES string of the molecule is Cc1ccc(C(=O)CNC(=O)c2ccc(Cl)cc2Cl)s1. The van der Waals surface area contributed by atoms with Crippen LogP contribution in [0.4, 0.5) is 0 Å². The third-order valence-corrected chi connectivity index (χ3v) is 4.19. The zero-order chi connectivity index (χ0) is 14.7. The van der Waals surface area contributed by atoms with Gasteiger partial charge >= 0.3 is 0 Å². The van der Waals surface area contributed by atoms with Gasteiger partial charge in [-0.25, -0.2) is 0 Å². The van der Waals surface area contributed by atoms with Gasteiger partial charge in [-0.2, -0.15) is 0 Å². The van der Waals surface area contributed by atoms with E-state index in [2.05, 4.69) is 5.32 Å². The Morgan fingerprint density at radius 3 is 2.55 bits per heavy atom. The Labute approximate surface area is 130 Å². The van der Waals surface area contributed by atoms with E-state index in [0.717, 1.165) is 4.88 Å². The highest BCUT2D eigenvalue weighted by atomic mass is 35.5. The van der Waals surface area contributed by atoms with Crippen LogP contribution in [0, 0.1) is 6.92 Å². The number of Topliss-reactive ketones (excluding diaryl/α,β-unsaturated/α-hetero) is 1. The second-order valence-corrected chi connectivity index (χ2v) is 6.27. The van der Waals surface area contributed by atoms with Crippen molar-refractivity contribution in [3.63, 3.8) is 0 Å². The molecule has 0 aliphatic carbocycles. The monoisotopic (exact) mass is 327 g/mol. The third kappa shape index (κ3) is 3.60. The molecule has 2 aromatic rings. The summed E-state index contributed by atoms with van der Waals surface area (Å²) in [5, 5.41) is 3.27. The number of nitrogens with one attached hydrogen (secondary N) is 1. The molecule has 1 aromatic carbocycles. The lowest BCUT2D eigenvalue weighted by molar-refractivity contribution is 0.0905. The fourth-order valence-electron chi connectivity index (χ4n) is 1.60. The van der Waals surface area contributed by atoms with Crippen LogP contribution in [0.25, 0.3) is 0 Å². The van der Waals surface area contributed by atoms with E-state index in [1.165, 1.54) is 23.5 Å². The van der Waals surface area contributed by atoms with Crippen molar-refractivity contribution in [2.24, 2.45) is 0 Å². The van der Waals surface area contributed by atoms with Crippen molar-refractivity contribution in [1.29, 1.82) is 0 Å². The van der Waals surface area contributed by atoms with Crippen molar-refractivity contribution in [3.8, 4) is 0 Å². The summed E-state index contributed by atoms with van der Waals surface area (Å²) in [6.45, 7) is 1.87. The predicted molar refractivity (Wildman–Crippen MR) is 82.2 cm³/mol. The number of aryl methyl sites for hydroxylation is 1. The van der Waals surface area contributed by atoms with Gasteiger partial charge in [0.2, 0.25) is 0 Å². The van der Waals surface area contributed by atoms with E-state index in [9.17, 15) is 9.59 Å². The van der Waals surface area contributed by atoms with Crippen LogP contribution >= 0.6 is 34.5 Å². The van der Waals surface area contributed by atoms with Crippen LogP contribution in [0.2, 0.25) is 10.0 Å². The average molecular weight is 328 g/mol. The van der Waals surface area contributed by atoms with Crippen molar-refractivity contribution in [2.75, 3.05) is 6.54 Å². The maximum Gasteiger partial charge on any atom is 0.253 e. The van der Waals surface area contributed by atoms with Crippen LogP contribution in [0.15, 0.2) is 30.3 Å². The average Bonchev–Trinajstić information content (AvgIpc) is 2.82. The molecule has 6 heteroatoms. The summed E-state index contributed by atoms with van der Waals surface area (Å²) in [4.78, 5) is 25.5. The molecule has 3 nitrogen and oxygen atoms in total. The molecular formula is C14H11Cl2NO2S. The Bertz CT molecular complexity index is 667. The molecule has 1 amide bonds. The number of ketones is 1. The van der Waals surface area contributed by atoms with Gasteiger partial charge < -0.3 is 5.32 Å². The first-order valence-corrected chi connectivity index (χ1v) is 7.37. The zero-order valence-corrected chi connectivity index (χ0v) is 12.9. The molecule has 0 aliphatic rings. The molecule has 1 N–H and O–H groups in total. The largest absolute Gasteiger partial charge is 0.344 e. The number of halogens is 2. The van der Waals surface area contributed by atoms with E-state index < -0.39 is 5.91 Å². The number of thiophene rings is 1. The molecule has 0 bridgehead atoms. The van der Waals surface area contributed by atoms with Gasteiger partial charge in [-0.15, -0.1) is 11.3 Å². The van der Waals surface area contributed by atoms with Crippen LogP contribution in [-0.4, -0.2) is 18.2 Å². The van der Waals surface area contributed by atoms with Crippen molar-refractivity contribution in [1.82, 2.24) is 5.32 Å². The van der Waals surface area contributed by atoms with Gasteiger partial charge in [0.1, 0.15) is 0 Å². The highest BCUT2D eigenvalue weighted by Gasteiger charge is 2.13.